The van der Waals surface area contributed by atoms with Gasteiger partial charge in [0.15, 0.2) is 0 Å². The van der Waals surface area contributed by atoms with Crippen molar-refractivity contribution < 1.29 is 8.42 Å². The molecule has 1 unspecified atom stereocenters. The van der Waals surface area contributed by atoms with E-state index in [0.717, 1.165) is 19.3 Å². The van der Waals surface area contributed by atoms with Crippen molar-refractivity contribution in [2.45, 2.75) is 53.0 Å². The van der Waals surface area contributed by atoms with Gasteiger partial charge in [0.05, 0.1) is 5.75 Å². The molecule has 1 saturated heterocycles. The van der Waals surface area contributed by atoms with E-state index in [1.54, 1.807) is 4.31 Å². The maximum absolute atomic E-state index is 12.4. The lowest BCUT2D eigenvalue weighted by Crippen LogP contribution is -2.54. The first-order valence-corrected chi connectivity index (χ1v) is 8.57. The van der Waals surface area contributed by atoms with E-state index < -0.39 is 10.0 Å². The molecule has 0 spiro atoms. The summed E-state index contributed by atoms with van der Waals surface area (Å²) in [6.07, 6.45) is 2.61. The normalized spacial score (nSPS) is 24.2. The van der Waals surface area contributed by atoms with Crippen molar-refractivity contribution in [3.8, 4) is 0 Å². The van der Waals surface area contributed by atoms with Gasteiger partial charge < -0.3 is 5.73 Å². The Hall–Kier alpha value is 0.160. The smallest absolute Gasteiger partial charge is 0.214 e. The number of rotatable bonds is 5. The van der Waals surface area contributed by atoms with E-state index in [4.69, 9.17) is 5.73 Å². The molecule has 4 nitrogen and oxygen atoms in total. The summed E-state index contributed by atoms with van der Waals surface area (Å²) in [4.78, 5) is 0. The van der Waals surface area contributed by atoms with Crippen LogP contribution in [0, 0.1) is 11.3 Å². The topological polar surface area (TPSA) is 63.4 Å². The Kier molecular flexibility index (Phi) is 7.31. The Labute approximate surface area is 124 Å². The van der Waals surface area contributed by atoms with E-state index in [1.165, 1.54) is 0 Å². The number of hydrogen-bond acceptors (Lipinski definition) is 3. The van der Waals surface area contributed by atoms with Gasteiger partial charge in [0, 0.05) is 19.1 Å². The molecule has 19 heavy (non-hydrogen) atoms. The summed E-state index contributed by atoms with van der Waals surface area (Å²) >= 11 is 0. The number of nitrogens with two attached hydrogens (primary N) is 1. The zero-order chi connectivity index (χ0) is 14.0. The zero-order valence-electron chi connectivity index (χ0n) is 12.6. The van der Waals surface area contributed by atoms with Gasteiger partial charge in [-0.05, 0) is 17.8 Å². The van der Waals surface area contributed by atoms with Crippen molar-refractivity contribution >= 4 is 22.4 Å². The highest BCUT2D eigenvalue weighted by Crippen LogP contribution is 2.30. The van der Waals surface area contributed by atoms with Gasteiger partial charge in [0.2, 0.25) is 10.0 Å². The van der Waals surface area contributed by atoms with E-state index in [9.17, 15) is 8.42 Å². The predicted molar refractivity (Wildman–Crippen MR) is 83.1 cm³/mol. The van der Waals surface area contributed by atoms with Crippen molar-refractivity contribution in [3.63, 3.8) is 0 Å². The van der Waals surface area contributed by atoms with Crippen LogP contribution in [0.4, 0.5) is 0 Å². The van der Waals surface area contributed by atoms with E-state index in [2.05, 4.69) is 27.7 Å². The van der Waals surface area contributed by atoms with E-state index in [1.807, 2.05) is 0 Å². The molecule has 0 aromatic heterocycles. The van der Waals surface area contributed by atoms with Crippen LogP contribution >= 0.6 is 12.4 Å². The fourth-order valence-electron chi connectivity index (χ4n) is 2.49. The van der Waals surface area contributed by atoms with Gasteiger partial charge in [-0.15, -0.1) is 12.4 Å². The molecule has 1 aliphatic rings. The van der Waals surface area contributed by atoms with Gasteiger partial charge in [-0.1, -0.05) is 40.5 Å². The molecular weight excluding hydrogens is 284 g/mol. The molecule has 1 aliphatic heterocycles. The predicted octanol–water partition coefficient (Wildman–Crippen LogP) is 2.23. The minimum Gasteiger partial charge on any atom is -0.327 e. The van der Waals surface area contributed by atoms with Crippen LogP contribution in [0.15, 0.2) is 0 Å². The fraction of sp³-hybridized carbons (Fsp3) is 1.00. The highest BCUT2D eigenvalue weighted by molar-refractivity contribution is 7.89. The van der Waals surface area contributed by atoms with Gasteiger partial charge >= 0.3 is 0 Å². The third-order valence-corrected chi connectivity index (χ3v) is 6.26. The molecule has 0 aromatic rings. The van der Waals surface area contributed by atoms with E-state index in [0.29, 0.717) is 13.1 Å². The Morgan fingerprint density at radius 3 is 2.26 bits per heavy atom. The molecular formula is C13H29ClN2O2S. The Balaban J connectivity index is 0.00000324. The van der Waals surface area contributed by atoms with Crippen molar-refractivity contribution in [2.75, 3.05) is 18.8 Å². The second kappa shape index (κ2) is 7.25. The summed E-state index contributed by atoms with van der Waals surface area (Å²) in [5, 5.41) is 0. The summed E-state index contributed by atoms with van der Waals surface area (Å²) in [6, 6.07) is 0.0945. The third-order valence-electron chi connectivity index (χ3n) is 4.27. The van der Waals surface area contributed by atoms with Gasteiger partial charge in [-0.2, -0.15) is 0 Å². The largest absolute Gasteiger partial charge is 0.327 e. The van der Waals surface area contributed by atoms with Gasteiger partial charge in [-0.3, -0.25) is 0 Å². The highest BCUT2D eigenvalue weighted by Gasteiger charge is 2.38. The minimum absolute atomic E-state index is 0. The minimum atomic E-state index is -3.12. The molecule has 1 heterocycles. The molecule has 0 aliphatic carbocycles. The maximum atomic E-state index is 12.4. The van der Waals surface area contributed by atoms with Crippen molar-refractivity contribution in [1.82, 2.24) is 4.31 Å². The molecule has 2 N–H and O–H groups in total. The summed E-state index contributed by atoms with van der Waals surface area (Å²) in [6.45, 7) is 9.34. The molecule has 1 atom stereocenters. The Morgan fingerprint density at radius 1 is 1.32 bits per heavy atom. The standard InChI is InChI=1S/C13H28N2O2S.ClH/c1-5-11(6-2)9-18(16,17)15-8-7-12(14)13(3,4)10-15;/h11-12H,5-10,14H2,1-4H3;1H. The molecule has 0 aromatic carbocycles. The molecule has 0 amide bonds. The first-order valence-electron chi connectivity index (χ1n) is 6.96. The Morgan fingerprint density at radius 2 is 1.84 bits per heavy atom. The lowest BCUT2D eigenvalue weighted by Gasteiger charge is -2.42. The van der Waals surface area contributed by atoms with Gasteiger partial charge in [-0.25, -0.2) is 12.7 Å². The lowest BCUT2D eigenvalue weighted by molar-refractivity contribution is 0.155. The van der Waals surface area contributed by atoms with Crippen molar-refractivity contribution in [3.05, 3.63) is 0 Å². The highest BCUT2D eigenvalue weighted by atomic mass is 35.5. The second-order valence-electron chi connectivity index (χ2n) is 6.18. The molecule has 1 rings (SSSR count). The molecule has 0 radical (unpaired) electrons. The summed E-state index contributed by atoms with van der Waals surface area (Å²) in [5.41, 5.74) is 5.92. The second-order valence-corrected chi connectivity index (χ2v) is 8.19. The molecule has 1 fully saturated rings. The summed E-state index contributed by atoms with van der Waals surface area (Å²) < 4.78 is 26.4. The molecule has 0 bridgehead atoms. The van der Waals surface area contributed by atoms with Crippen molar-refractivity contribution in [1.29, 1.82) is 0 Å². The quantitative estimate of drug-likeness (QED) is 0.846. The van der Waals surface area contributed by atoms with Crippen LogP contribution in [-0.2, 0) is 10.0 Å². The number of nitrogens with zero attached hydrogens (tertiary/aromatic N) is 1. The van der Waals surface area contributed by atoms with Crippen LogP contribution in [0.2, 0.25) is 0 Å². The monoisotopic (exact) mass is 312 g/mol. The molecule has 0 saturated carbocycles. The maximum Gasteiger partial charge on any atom is 0.214 e. The van der Waals surface area contributed by atoms with E-state index in [-0.39, 0.29) is 35.5 Å². The average Bonchev–Trinajstić information content (AvgIpc) is 2.29. The van der Waals surface area contributed by atoms with Crippen LogP contribution < -0.4 is 5.73 Å². The van der Waals surface area contributed by atoms with Crippen LogP contribution in [-0.4, -0.2) is 37.6 Å². The number of halogens is 1. The fourth-order valence-corrected chi connectivity index (χ4v) is 4.68. The SMILES string of the molecule is CCC(CC)CS(=O)(=O)N1CCC(N)C(C)(C)C1.Cl. The van der Waals surface area contributed by atoms with E-state index >= 15 is 0 Å². The number of hydrogen-bond donors (Lipinski definition) is 1. The summed E-state index contributed by atoms with van der Waals surface area (Å²) in [5.74, 6) is 0.555. The van der Waals surface area contributed by atoms with Crippen LogP contribution in [0.5, 0.6) is 0 Å². The average molecular weight is 313 g/mol. The molecule has 6 heteroatoms. The Bertz CT molecular complexity index is 367. The zero-order valence-corrected chi connectivity index (χ0v) is 14.2. The van der Waals surface area contributed by atoms with Gasteiger partial charge in [0.25, 0.3) is 0 Å². The van der Waals surface area contributed by atoms with Crippen molar-refractivity contribution in [2.24, 2.45) is 17.1 Å². The van der Waals surface area contributed by atoms with Crippen LogP contribution in [0.3, 0.4) is 0 Å². The van der Waals surface area contributed by atoms with Crippen LogP contribution in [0.25, 0.3) is 0 Å². The van der Waals surface area contributed by atoms with Crippen LogP contribution in [0.1, 0.15) is 47.0 Å². The third kappa shape index (κ3) is 4.88. The summed E-state index contributed by atoms with van der Waals surface area (Å²) in [7, 11) is -3.12. The number of piperidine rings is 1. The first-order chi connectivity index (χ1) is 8.23. The number of sulfonamides is 1. The molecule has 116 valence electrons. The van der Waals surface area contributed by atoms with Gasteiger partial charge in [0.1, 0.15) is 0 Å². The first kappa shape index (κ1) is 19.2. The lowest BCUT2D eigenvalue weighted by atomic mass is 9.81.